The number of piperidine rings is 1. The first kappa shape index (κ1) is 19.4. The number of carbonyl (C=O) groups is 2. The lowest BCUT2D eigenvalue weighted by Gasteiger charge is -2.38. The number of hydrogen-bond donors (Lipinski definition) is 0. The summed E-state index contributed by atoms with van der Waals surface area (Å²) in [7, 11) is -3.12. The minimum absolute atomic E-state index is 0.0778. The van der Waals surface area contributed by atoms with Gasteiger partial charge in [-0.1, -0.05) is 12.1 Å². The van der Waals surface area contributed by atoms with Crippen molar-refractivity contribution in [2.75, 3.05) is 12.9 Å². The van der Waals surface area contributed by atoms with E-state index in [-0.39, 0.29) is 30.4 Å². The van der Waals surface area contributed by atoms with E-state index in [0.717, 1.165) is 25.5 Å². The molecule has 7 heteroatoms. The molecule has 1 fully saturated rings. The third kappa shape index (κ3) is 5.56. The van der Waals surface area contributed by atoms with E-state index in [1.807, 2.05) is 13.8 Å². The zero-order chi connectivity index (χ0) is 18.6. The Morgan fingerprint density at radius 1 is 1.12 bits per heavy atom. The van der Waals surface area contributed by atoms with Crippen molar-refractivity contribution in [3.05, 3.63) is 35.4 Å². The molecule has 138 valence electrons. The van der Waals surface area contributed by atoms with Gasteiger partial charge in [-0.25, -0.2) is 13.2 Å². The fraction of sp³-hybridized carbons (Fsp3) is 0.556. The molecule has 0 aliphatic carbocycles. The Hall–Kier alpha value is -1.89. The summed E-state index contributed by atoms with van der Waals surface area (Å²) in [5.74, 6) is -0.843. The molecule has 0 N–H and O–H groups in total. The standard InChI is InChI=1S/C18H25NO5S/c1-13-5-4-6-14(2)19(13)17(20)11-24-18(21)16-9-7-15(8-10-16)12-25(3,22)23/h7-10,13-14H,4-6,11-12H2,1-3H3/t13-,14-/m1/s1. The second-order valence-electron chi connectivity index (χ2n) is 6.77. The van der Waals surface area contributed by atoms with Crippen molar-refractivity contribution in [2.24, 2.45) is 0 Å². The van der Waals surface area contributed by atoms with Crippen LogP contribution in [0.15, 0.2) is 24.3 Å². The summed E-state index contributed by atoms with van der Waals surface area (Å²) in [4.78, 5) is 26.2. The highest BCUT2D eigenvalue weighted by molar-refractivity contribution is 7.89. The number of ether oxygens (including phenoxy) is 1. The maximum absolute atomic E-state index is 12.3. The second-order valence-corrected chi connectivity index (χ2v) is 8.91. The van der Waals surface area contributed by atoms with Gasteiger partial charge in [0.1, 0.15) is 0 Å². The minimum Gasteiger partial charge on any atom is -0.452 e. The van der Waals surface area contributed by atoms with Gasteiger partial charge in [-0.3, -0.25) is 4.79 Å². The molecule has 0 bridgehead atoms. The molecule has 0 radical (unpaired) electrons. The van der Waals surface area contributed by atoms with Crippen molar-refractivity contribution in [3.8, 4) is 0 Å². The number of rotatable bonds is 5. The van der Waals surface area contributed by atoms with Crippen molar-refractivity contribution >= 4 is 21.7 Å². The highest BCUT2D eigenvalue weighted by Gasteiger charge is 2.29. The van der Waals surface area contributed by atoms with Gasteiger partial charge >= 0.3 is 5.97 Å². The van der Waals surface area contributed by atoms with Crippen molar-refractivity contribution < 1.29 is 22.7 Å². The van der Waals surface area contributed by atoms with Crippen LogP contribution in [-0.4, -0.2) is 50.1 Å². The van der Waals surface area contributed by atoms with Crippen LogP contribution in [0.5, 0.6) is 0 Å². The Kier molecular flexibility index (Phi) is 6.21. The van der Waals surface area contributed by atoms with Crippen LogP contribution in [0, 0.1) is 0 Å². The average molecular weight is 367 g/mol. The van der Waals surface area contributed by atoms with Gasteiger partial charge in [0.2, 0.25) is 0 Å². The zero-order valence-corrected chi connectivity index (χ0v) is 15.7. The number of carbonyl (C=O) groups excluding carboxylic acids is 2. The Morgan fingerprint density at radius 2 is 1.68 bits per heavy atom. The van der Waals surface area contributed by atoms with Gasteiger partial charge in [0.25, 0.3) is 5.91 Å². The molecular weight excluding hydrogens is 342 g/mol. The molecule has 1 amide bonds. The third-order valence-electron chi connectivity index (χ3n) is 4.43. The smallest absolute Gasteiger partial charge is 0.338 e. The summed E-state index contributed by atoms with van der Waals surface area (Å²) in [6, 6.07) is 6.50. The number of amides is 1. The Labute approximate surface area is 149 Å². The fourth-order valence-electron chi connectivity index (χ4n) is 3.24. The number of esters is 1. The predicted molar refractivity (Wildman–Crippen MR) is 94.9 cm³/mol. The maximum atomic E-state index is 12.3. The molecule has 2 rings (SSSR count). The molecule has 25 heavy (non-hydrogen) atoms. The van der Waals surface area contributed by atoms with Gasteiger partial charge in [0.15, 0.2) is 16.4 Å². The van der Waals surface area contributed by atoms with E-state index in [0.29, 0.717) is 11.1 Å². The largest absolute Gasteiger partial charge is 0.452 e. The van der Waals surface area contributed by atoms with Gasteiger partial charge < -0.3 is 9.64 Å². The Morgan fingerprint density at radius 3 is 2.20 bits per heavy atom. The first-order valence-electron chi connectivity index (χ1n) is 8.42. The number of hydrogen-bond acceptors (Lipinski definition) is 5. The van der Waals surface area contributed by atoms with Crippen LogP contribution in [0.4, 0.5) is 0 Å². The summed E-state index contributed by atoms with van der Waals surface area (Å²) in [6.45, 7) is 3.74. The lowest BCUT2D eigenvalue weighted by Crippen LogP contribution is -2.49. The first-order valence-corrected chi connectivity index (χ1v) is 10.5. The topological polar surface area (TPSA) is 80.8 Å². The molecule has 1 aromatic rings. The molecule has 0 aromatic heterocycles. The van der Waals surface area contributed by atoms with Crippen LogP contribution >= 0.6 is 0 Å². The molecular formula is C18H25NO5S. The van der Waals surface area contributed by atoms with Crippen molar-refractivity contribution in [1.29, 1.82) is 0 Å². The van der Waals surface area contributed by atoms with Crippen LogP contribution < -0.4 is 0 Å². The van der Waals surface area contributed by atoms with Crippen molar-refractivity contribution in [2.45, 2.75) is 50.9 Å². The summed E-state index contributed by atoms with van der Waals surface area (Å²) in [5, 5.41) is 0. The maximum Gasteiger partial charge on any atom is 0.338 e. The van der Waals surface area contributed by atoms with Gasteiger partial charge in [0, 0.05) is 18.3 Å². The summed E-state index contributed by atoms with van der Waals surface area (Å²) >= 11 is 0. The van der Waals surface area contributed by atoms with Crippen LogP contribution in [0.25, 0.3) is 0 Å². The number of benzene rings is 1. The van der Waals surface area contributed by atoms with Crippen LogP contribution in [0.2, 0.25) is 0 Å². The van der Waals surface area contributed by atoms with E-state index in [2.05, 4.69) is 0 Å². The van der Waals surface area contributed by atoms with Crippen LogP contribution in [0.3, 0.4) is 0 Å². The van der Waals surface area contributed by atoms with E-state index >= 15 is 0 Å². The van der Waals surface area contributed by atoms with Crippen molar-refractivity contribution in [1.82, 2.24) is 4.90 Å². The quantitative estimate of drug-likeness (QED) is 0.745. The highest BCUT2D eigenvalue weighted by Crippen LogP contribution is 2.22. The SMILES string of the molecule is C[C@@H]1CCC[C@@H](C)N1C(=O)COC(=O)c1ccc(CS(C)(=O)=O)cc1. The summed E-state index contributed by atoms with van der Waals surface area (Å²) < 4.78 is 27.7. The summed E-state index contributed by atoms with van der Waals surface area (Å²) in [6.07, 6.45) is 4.19. The van der Waals surface area contributed by atoms with E-state index in [1.165, 1.54) is 12.1 Å². The monoisotopic (exact) mass is 367 g/mol. The molecule has 1 aromatic carbocycles. The summed E-state index contributed by atoms with van der Waals surface area (Å²) in [5.41, 5.74) is 0.899. The van der Waals surface area contributed by atoms with Crippen LogP contribution in [-0.2, 0) is 25.1 Å². The molecule has 2 atom stereocenters. The number of nitrogens with zero attached hydrogens (tertiary/aromatic N) is 1. The van der Waals surface area contributed by atoms with Gasteiger partial charge in [0.05, 0.1) is 11.3 Å². The predicted octanol–water partition coefficient (Wildman–Crippen LogP) is 2.18. The molecule has 0 spiro atoms. The minimum atomic E-state index is -3.12. The average Bonchev–Trinajstić information content (AvgIpc) is 2.51. The molecule has 0 saturated carbocycles. The Balaban J connectivity index is 1.92. The lowest BCUT2D eigenvalue weighted by atomic mass is 9.97. The molecule has 6 nitrogen and oxygen atoms in total. The van der Waals surface area contributed by atoms with Gasteiger partial charge in [-0.05, 0) is 50.8 Å². The molecule has 0 unspecified atom stereocenters. The molecule has 1 heterocycles. The van der Waals surface area contributed by atoms with Gasteiger partial charge in [-0.2, -0.15) is 0 Å². The van der Waals surface area contributed by atoms with Crippen LogP contribution in [0.1, 0.15) is 49.0 Å². The highest BCUT2D eigenvalue weighted by atomic mass is 32.2. The van der Waals surface area contributed by atoms with E-state index in [4.69, 9.17) is 4.74 Å². The molecule has 1 saturated heterocycles. The Bertz CT molecular complexity index is 716. The molecule has 1 aliphatic heterocycles. The van der Waals surface area contributed by atoms with E-state index in [1.54, 1.807) is 17.0 Å². The zero-order valence-electron chi connectivity index (χ0n) is 14.9. The third-order valence-corrected chi connectivity index (χ3v) is 5.28. The second kappa shape index (κ2) is 7.99. The normalized spacial score (nSPS) is 21.0. The fourth-order valence-corrected chi connectivity index (χ4v) is 4.04. The van der Waals surface area contributed by atoms with E-state index < -0.39 is 15.8 Å². The number of sulfone groups is 1. The lowest BCUT2D eigenvalue weighted by molar-refractivity contribution is -0.140. The first-order chi connectivity index (χ1) is 11.7. The number of likely N-dealkylation sites (tertiary alicyclic amines) is 1. The van der Waals surface area contributed by atoms with Crippen molar-refractivity contribution in [3.63, 3.8) is 0 Å². The van der Waals surface area contributed by atoms with E-state index in [9.17, 15) is 18.0 Å². The molecule has 1 aliphatic rings. The van der Waals surface area contributed by atoms with Gasteiger partial charge in [-0.15, -0.1) is 0 Å².